The molecule has 0 bridgehead atoms. The van der Waals surface area contributed by atoms with Gasteiger partial charge in [0.25, 0.3) is 5.56 Å². The Hall–Kier alpha value is -2.47. The Balaban J connectivity index is 2.30. The highest BCUT2D eigenvalue weighted by atomic mass is 32.1. The molecular formula is C18H18N2O3S. The molecule has 3 rings (SSSR count). The van der Waals surface area contributed by atoms with E-state index in [0.717, 1.165) is 4.57 Å². The number of benzene rings is 1. The van der Waals surface area contributed by atoms with E-state index in [1.54, 1.807) is 35.7 Å². The molecule has 0 amide bonds. The topological polar surface area (TPSA) is 61.1 Å². The summed E-state index contributed by atoms with van der Waals surface area (Å²) in [7, 11) is 0. The minimum atomic E-state index is -0.560. The Bertz CT molecular complexity index is 1020. The molecular weight excluding hydrogens is 324 g/mol. The second-order valence-electron chi connectivity index (χ2n) is 6.65. The Morgan fingerprint density at radius 2 is 1.75 bits per heavy atom. The maximum atomic E-state index is 12.9. The van der Waals surface area contributed by atoms with Crippen LogP contribution in [-0.4, -0.2) is 14.9 Å². The molecule has 0 aliphatic carbocycles. The number of Topliss-reactive ketones (excluding diaryl/α,β-unsaturated/α-hetero) is 1. The quantitative estimate of drug-likeness (QED) is 0.735. The number of ketones is 1. The smallest absolute Gasteiger partial charge is 0.297 e. The molecule has 3 aromatic rings. The molecule has 0 atom stereocenters. The number of aromatic nitrogens is 2. The van der Waals surface area contributed by atoms with Gasteiger partial charge in [-0.05, 0) is 23.6 Å². The zero-order valence-corrected chi connectivity index (χ0v) is 14.6. The molecule has 0 radical (unpaired) electrons. The summed E-state index contributed by atoms with van der Waals surface area (Å²) in [6.07, 6.45) is 0. The van der Waals surface area contributed by atoms with Crippen molar-refractivity contribution in [3.05, 3.63) is 62.6 Å². The van der Waals surface area contributed by atoms with E-state index in [0.29, 0.717) is 15.9 Å². The van der Waals surface area contributed by atoms with Gasteiger partial charge in [0.1, 0.15) is 4.70 Å². The van der Waals surface area contributed by atoms with Gasteiger partial charge in [-0.3, -0.25) is 14.2 Å². The van der Waals surface area contributed by atoms with Crippen molar-refractivity contribution >= 4 is 27.3 Å². The third-order valence-corrected chi connectivity index (χ3v) is 4.80. The van der Waals surface area contributed by atoms with Crippen LogP contribution < -0.4 is 11.2 Å². The fourth-order valence-electron chi connectivity index (χ4n) is 2.43. The van der Waals surface area contributed by atoms with E-state index in [9.17, 15) is 14.4 Å². The molecule has 0 saturated heterocycles. The van der Waals surface area contributed by atoms with E-state index >= 15 is 0 Å². The van der Waals surface area contributed by atoms with E-state index < -0.39 is 11.1 Å². The number of para-hydroxylation sites is 1. The van der Waals surface area contributed by atoms with Gasteiger partial charge in [-0.15, -0.1) is 11.3 Å². The van der Waals surface area contributed by atoms with Crippen LogP contribution in [0.5, 0.6) is 0 Å². The SMILES string of the molecule is CC(C)(C)C(=O)Cn1c(=O)n(-c2ccccc2)c(=O)c2sccc21. The third-order valence-electron chi connectivity index (χ3n) is 3.91. The van der Waals surface area contributed by atoms with Gasteiger partial charge in [0.05, 0.1) is 17.7 Å². The highest BCUT2D eigenvalue weighted by Crippen LogP contribution is 2.19. The van der Waals surface area contributed by atoms with Gasteiger partial charge in [0.15, 0.2) is 5.78 Å². The zero-order valence-electron chi connectivity index (χ0n) is 13.8. The molecule has 1 aromatic carbocycles. The van der Waals surface area contributed by atoms with E-state index in [4.69, 9.17) is 0 Å². The highest BCUT2D eigenvalue weighted by molar-refractivity contribution is 7.17. The number of nitrogens with zero attached hydrogens (tertiary/aromatic N) is 2. The first-order chi connectivity index (χ1) is 11.3. The summed E-state index contributed by atoms with van der Waals surface area (Å²) >= 11 is 1.28. The summed E-state index contributed by atoms with van der Waals surface area (Å²) in [6, 6.07) is 10.5. The van der Waals surface area contributed by atoms with Crippen LogP contribution >= 0.6 is 11.3 Å². The van der Waals surface area contributed by atoms with E-state index in [-0.39, 0.29) is 17.9 Å². The first-order valence-corrected chi connectivity index (χ1v) is 8.50. The highest BCUT2D eigenvalue weighted by Gasteiger charge is 2.24. The van der Waals surface area contributed by atoms with Crippen molar-refractivity contribution in [2.24, 2.45) is 5.41 Å². The second kappa shape index (κ2) is 5.87. The zero-order chi connectivity index (χ0) is 17.5. The largest absolute Gasteiger partial charge is 0.336 e. The minimum Gasteiger partial charge on any atom is -0.297 e. The normalized spacial score (nSPS) is 11.8. The molecule has 0 aliphatic heterocycles. The first kappa shape index (κ1) is 16.4. The lowest BCUT2D eigenvalue weighted by atomic mass is 9.91. The number of fused-ring (bicyclic) bond motifs is 1. The lowest BCUT2D eigenvalue weighted by Crippen LogP contribution is -2.41. The first-order valence-electron chi connectivity index (χ1n) is 7.62. The Morgan fingerprint density at radius 3 is 2.38 bits per heavy atom. The van der Waals surface area contributed by atoms with Crippen LogP contribution in [0, 0.1) is 5.41 Å². The fourth-order valence-corrected chi connectivity index (χ4v) is 3.25. The molecule has 124 valence electrons. The number of hydrogen-bond acceptors (Lipinski definition) is 4. The lowest BCUT2D eigenvalue weighted by molar-refractivity contribution is -0.126. The molecule has 6 heteroatoms. The number of rotatable bonds is 3. The predicted octanol–water partition coefficient (Wildman–Crippen LogP) is 2.83. The molecule has 24 heavy (non-hydrogen) atoms. The molecule has 0 N–H and O–H groups in total. The maximum Gasteiger partial charge on any atom is 0.336 e. The standard InChI is InChI=1S/C18H18N2O3S/c1-18(2,3)14(21)11-19-13-9-10-24-15(13)16(22)20(17(19)23)12-7-5-4-6-8-12/h4-10H,11H2,1-3H3. The number of carbonyl (C=O) groups is 1. The molecule has 2 heterocycles. The Labute approximate surface area is 142 Å². The molecule has 5 nitrogen and oxygen atoms in total. The van der Waals surface area contributed by atoms with Crippen LogP contribution in [0.15, 0.2) is 51.4 Å². The molecule has 2 aromatic heterocycles. The summed E-state index contributed by atoms with van der Waals surface area (Å²) in [6.45, 7) is 5.40. The summed E-state index contributed by atoms with van der Waals surface area (Å²) < 4.78 is 3.00. The fraction of sp³-hybridized carbons (Fsp3) is 0.278. The van der Waals surface area contributed by atoms with E-state index in [1.807, 2.05) is 26.8 Å². The number of hydrogen-bond donors (Lipinski definition) is 0. The van der Waals surface area contributed by atoms with Crippen molar-refractivity contribution in [2.45, 2.75) is 27.3 Å². The van der Waals surface area contributed by atoms with Crippen molar-refractivity contribution < 1.29 is 4.79 Å². The van der Waals surface area contributed by atoms with Gasteiger partial charge in [-0.1, -0.05) is 39.0 Å². The van der Waals surface area contributed by atoms with Crippen LogP contribution in [0.3, 0.4) is 0 Å². The van der Waals surface area contributed by atoms with Crippen molar-refractivity contribution in [1.29, 1.82) is 0 Å². The van der Waals surface area contributed by atoms with Gasteiger partial charge in [-0.25, -0.2) is 9.36 Å². The Morgan fingerprint density at radius 1 is 1.08 bits per heavy atom. The van der Waals surface area contributed by atoms with Gasteiger partial charge < -0.3 is 0 Å². The van der Waals surface area contributed by atoms with Crippen LogP contribution in [0.25, 0.3) is 15.9 Å². The predicted molar refractivity (Wildman–Crippen MR) is 96.1 cm³/mol. The average Bonchev–Trinajstić information content (AvgIpc) is 3.01. The van der Waals surface area contributed by atoms with Crippen LogP contribution in [0.1, 0.15) is 20.8 Å². The van der Waals surface area contributed by atoms with Crippen LogP contribution in [0.4, 0.5) is 0 Å². The number of thiophene rings is 1. The average molecular weight is 342 g/mol. The van der Waals surface area contributed by atoms with Crippen molar-refractivity contribution in [1.82, 2.24) is 9.13 Å². The summed E-state index contributed by atoms with van der Waals surface area (Å²) in [5, 5.41) is 1.76. The van der Waals surface area contributed by atoms with Gasteiger partial charge in [-0.2, -0.15) is 0 Å². The summed E-state index contributed by atoms with van der Waals surface area (Å²) in [5.74, 6) is -0.0599. The molecule has 0 spiro atoms. The second-order valence-corrected chi connectivity index (χ2v) is 7.57. The van der Waals surface area contributed by atoms with Crippen molar-refractivity contribution in [3.8, 4) is 5.69 Å². The van der Waals surface area contributed by atoms with E-state index in [2.05, 4.69) is 0 Å². The monoisotopic (exact) mass is 342 g/mol. The van der Waals surface area contributed by atoms with Gasteiger partial charge >= 0.3 is 5.69 Å². The molecule has 0 saturated carbocycles. The van der Waals surface area contributed by atoms with Crippen LogP contribution in [-0.2, 0) is 11.3 Å². The van der Waals surface area contributed by atoms with Gasteiger partial charge in [0, 0.05) is 5.41 Å². The maximum absolute atomic E-state index is 12.9. The van der Waals surface area contributed by atoms with Crippen molar-refractivity contribution in [3.63, 3.8) is 0 Å². The van der Waals surface area contributed by atoms with E-state index in [1.165, 1.54) is 15.9 Å². The lowest BCUT2D eigenvalue weighted by Gasteiger charge is -2.18. The van der Waals surface area contributed by atoms with Crippen LogP contribution in [0.2, 0.25) is 0 Å². The minimum absolute atomic E-state index is 0.0529. The third kappa shape index (κ3) is 2.73. The Kier molecular flexibility index (Phi) is 4.01. The summed E-state index contributed by atoms with van der Waals surface area (Å²) in [5.41, 5.74) is -0.389. The number of carbonyl (C=O) groups excluding carboxylic acids is 1. The van der Waals surface area contributed by atoms with Gasteiger partial charge in [0.2, 0.25) is 0 Å². The summed E-state index contributed by atoms with van der Waals surface area (Å²) in [4.78, 5) is 38.1. The molecule has 0 unspecified atom stereocenters. The van der Waals surface area contributed by atoms with Crippen molar-refractivity contribution in [2.75, 3.05) is 0 Å². The molecule has 0 aliphatic rings. The molecule has 0 fully saturated rings.